The first-order valence-electron chi connectivity index (χ1n) is 5.64. The molecule has 1 aromatic rings. The Labute approximate surface area is 123 Å². The molecular weight excluding hydrogens is 330 g/mol. The van der Waals surface area contributed by atoms with Gasteiger partial charge in [0.1, 0.15) is 6.04 Å². The molecule has 1 atom stereocenters. The van der Waals surface area contributed by atoms with E-state index in [1.807, 2.05) is 13.0 Å². The molecule has 0 unspecified atom stereocenters. The first-order chi connectivity index (χ1) is 9.29. The second-order valence-corrected chi connectivity index (χ2v) is 5.00. The van der Waals surface area contributed by atoms with Crippen molar-refractivity contribution in [3.05, 3.63) is 28.2 Å². The second-order valence-electron chi connectivity index (χ2n) is 4.14. The third kappa shape index (κ3) is 4.88. The summed E-state index contributed by atoms with van der Waals surface area (Å²) < 4.78 is 0.653. The molecule has 0 aliphatic carbocycles. The van der Waals surface area contributed by atoms with Crippen molar-refractivity contribution in [1.82, 2.24) is 5.32 Å². The number of primary amides is 1. The van der Waals surface area contributed by atoms with Crippen LogP contribution in [0.15, 0.2) is 22.7 Å². The van der Waals surface area contributed by atoms with E-state index < -0.39 is 30.4 Å². The van der Waals surface area contributed by atoms with Gasteiger partial charge < -0.3 is 21.5 Å². The van der Waals surface area contributed by atoms with Crippen molar-refractivity contribution in [2.24, 2.45) is 5.73 Å². The fourth-order valence-corrected chi connectivity index (χ4v) is 1.80. The molecule has 3 amide bonds. The van der Waals surface area contributed by atoms with E-state index in [2.05, 4.69) is 26.6 Å². The minimum absolute atomic E-state index is 0.474. The highest BCUT2D eigenvalue weighted by atomic mass is 79.9. The lowest BCUT2D eigenvalue weighted by atomic mass is 10.2. The Bertz CT molecular complexity index is 548. The van der Waals surface area contributed by atoms with E-state index in [1.54, 1.807) is 12.1 Å². The summed E-state index contributed by atoms with van der Waals surface area (Å²) >= 11 is 3.26. The van der Waals surface area contributed by atoms with Crippen LogP contribution in [0.5, 0.6) is 0 Å². The van der Waals surface area contributed by atoms with E-state index in [9.17, 15) is 14.4 Å². The molecule has 0 bridgehead atoms. The number of halogens is 1. The summed E-state index contributed by atoms with van der Waals surface area (Å²) in [7, 11) is 0. The number of aliphatic carboxylic acids is 1. The van der Waals surface area contributed by atoms with Crippen LogP contribution in [-0.2, 0) is 9.59 Å². The van der Waals surface area contributed by atoms with Crippen molar-refractivity contribution in [3.8, 4) is 0 Å². The molecule has 0 saturated heterocycles. The fraction of sp³-hybridized carbons (Fsp3) is 0.250. The number of carbonyl (C=O) groups excluding carboxylic acids is 2. The van der Waals surface area contributed by atoms with E-state index in [4.69, 9.17) is 10.8 Å². The summed E-state index contributed by atoms with van der Waals surface area (Å²) in [6.07, 6.45) is -0.474. The maximum absolute atomic E-state index is 11.7. The maximum Gasteiger partial charge on any atom is 0.326 e. The number of rotatable bonds is 5. The number of carboxylic acids is 1. The molecule has 0 aliphatic rings. The molecule has 8 heteroatoms. The highest BCUT2D eigenvalue weighted by Crippen LogP contribution is 2.23. The van der Waals surface area contributed by atoms with Crippen molar-refractivity contribution >= 4 is 39.5 Å². The van der Waals surface area contributed by atoms with Gasteiger partial charge in [-0.1, -0.05) is 6.07 Å². The van der Waals surface area contributed by atoms with Gasteiger partial charge in [-0.25, -0.2) is 9.59 Å². The first kappa shape index (κ1) is 16.0. The number of urea groups is 1. The maximum atomic E-state index is 11.7. The number of aryl methyl sites for hydroxylation is 1. The Hall–Kier alpha value is -2.09. The summed E-state index contributed by atoms with van der Waals surface area (Å²) in [5.41, 5.74) is 6.34. The van der Waals surface area contributed by atoms with Gasteiger partial charge in [-0.15, -0.1) is 0 Å². The third-order valence-electron chi connectivity index (χ3n) is 2.38. The van der Waals surface area contributed by atoms with E-state index >= 15 is 0 Å². The molecule has 0 heterocycles. The summed E-state index contributed by atoms with van der Waals surface area (Å²) in [5, 5.41) is 13.5. The number of carboxylic acid groups (broad SMARTS) is 1. The van der Waals surface area contributed by atoms with E-state index in [1.165, 1.54) is 0 Å². The molecular formula is C12H14BrN3O4. The van der Waals surface area contributed by atoms with Crippen LogP contribution in [0.25, 0.3) is 0 Å². The number of amides is 3. The number of anilines is 1. The average molecular weight is 344 g/mol. The second kappa shape index (κ2) is 6.90. The zero-order valence-electron chi connectivity index (χ0n) is 10.6. The summed E-state index contributed by atoms with van der Waals surface area (Å²) in [6, 6.07) is 3.22. The minimum Gasteiger partial charge on any atom is -0.480 e. The van der Waals surface area contributed by atoms with E-state index in [0.29, 0.717) is 10.2 Å². The Morgan fingerprint density at radius 2 is 2.05 bits per heavy atom. The Kier molecular flexibility index (Phi) is 5.51. The fourth-order valence-electron chi connectivity index (χ4n) is 1.45. The highest BCUT2D eigenvalue weighted by Gasteiger charge is 2.22. The van der Waals surface area contributed by atoms with Gasteiger partial charge in [-0.3, -0.25) is 4.79 Å². The van der Waals surface area contributed by atoms with Crippen LogP contribution in [0, 0.1) is 6.92 Å². The molecule has 0 saturated carbocycles. The van der Waals surface area contributed by atoms with Gasteiger partial charge in [-0.2, -0.15) is 0 Å². The van der Waals surface area contributed by atoms with Crippen molar-refractivity contribution in [2.75, 3.05) is 5.32 Å². The number of hydrogen-bond acceptors (Lipinski definition) is 3. The molecule has 108 valence electrons. The molecule has 20 heavy (non-hydrogen) atoms. The first-order valence-corrected chi connectivity index (χ1v) is 6.43. The largest absolute Gasteiger partial charge is 0.480 e. The van der Waals surface area contributed by atoms with Crippen LogP contribution in [-0.4, -0.2) is 29.1 Å². The van der Waals surface area contributed by atoms with Gasteiger partial charge in [0, 0.05) is 4.47 Å². The van der Waals surface area contributed by atoms with Crippen LogP contribution in [0.4, 0.5) is 10.5 Å². The molecule has 7 nitrogen and oxygen atoms in total. The number of nitrogens with one attached hydrogen (secondary N) is 2. The van der Waals surface area contributed by atoms with Gasteiger partial charge >= 0.3 is 12.0 Å². The smallest absolute Gasteiger partial charge is 0.326 e. The van der Waals surface area contributed by atoms with Crippen molar-refractivity contribution in [1.29, 1.82) is 0 Å². The van der Waals surface area contributed by atoms with Crippen LogP contribution in [0.3, 0.4) is 0 Å². The summed E-state index contributed by atoms with van der Waals surface area (Å²) in [4.78, 5) is 33.3. The lowest BCUT2D eigenvalue weighted by Gasteiger charge is -2.14. The summed E-state index contributed by atoms with van der Waals surface area (Å²) in [5.74, 6) is -2.14. The van der Waals surface area contributed by atoms with Crippen LogP contribution >= 0.6 is 15.9 Å². The summed E-state index contributed by atoms with van der Waals surface area (Å²) in [6.45, 7) is 1.85. The normalized spacial score (nSPS) is 11.5. The van der Waals surface area contributed by atoms with Crippen LogP contribution in [0.1, 0.15) is 12.0 Å². The van der Waals surface area contributed by atoms with Gasteiger partial charge in [0.25, 0.3) is 0 Å². The van der Waals surface area contributed by atoms with Crippen molar-refractivity contribution < 1.29 is 19.5 Å². The monoisotopic (exact) mass is 343 g/mol. The molecule has 0 fully saturated rings. The van der Waals surface area contributed by atoms with Gasteiger partial charge in [-0.05, 0) is 40.5 Å². The molecule has 0 aliphatic heterocycles. The number of nitrogens with two attached hydrogens (primary N) is 1. The lowest BCUT2D eigenvalue weighted by Crippen LogP contribution is -2.45. The van der Waals surface area contributed by atoms with E-state index in [-0.39, 0.29) is 0 Å². The van der Waals surface area contributed by atoms with E-state index in [0.717, 1.165) is 5.56 Å². The SMILES string of the molecule is Cc1ccc(Br)c(NC(=O)N[C@H](CC(N)=O)C(=O)O)c1. The predicted molar refractivity (Wildman–Crippen MR) is 76.3 cm³/mol. The number of carbonyl (C=O) groups is 3. The quantitative estimate of drug-likeness (QED) is 0.641. The third-order valence-corrected chi connectivity index (χ3v) is 3.07. The predicted octanol–water partition coefficient (Wildman–Crippen LogP) is 1.21. The van der Waals surface area contributed by atoms with Gasteiger partial charge in [0.2, 0.25) is 5.91 Å². The Balaban J connectivity index is 2.72. The Morgan fingerprint density at radius 1 is 1.40 bits per heavy atom. The molecule has 0 radical (unpaired) electrons. The molecule has 0 aromatic heterocycles. The highest BCUT2D eigenvalue weighted by molar-refractivity contribution is 9.10. The minimum atomic E-state index is -1.36. The van der Waals surface area contributed by atoms with Crippen LogP contribution < -0.4 is 16.4 Å². The van der Waals surface area contributed by atoms with Crippen LogP contribution in [0.2, 0.25) is 0 Å². The molecule has 5 N–H and O–H groups in total. The number of benzene rings is 1. The van der Waals surface area contributed by atoms with Crippen molar-refractivity contribution in [2.45, 2.75) is 19.4 Å². The zero-order valence-corrected chi connectivity index (χ0v) is 12.2. The Morgan fingerprint density at radius 3 is 2.60 bits per heavy atom. The van der Waals surface area contributed by atoms with Gasteiger partial charge in [0.05, 0.1) is 12.1 Å². The average Bonchev–Trinajstić information content (AvgIpc) is 2.32. The lowest BCUT2D eigenvalue weighted by molar-refractivity contribution is -0.140. The van der Waals surface area contributed by atoms with Gasteiger partial charge in [0.15, 0.2) is 0 Å². The zero-order chi connectivity index (χ0) is 15.3. The van der Waals surface area contributed by atoms with Crippen molar-refractivity contribution in [3.63, 3.8) is 0 Å². The molecule has 0 spiro atoms. The standard InChI is InChI=1S/C12H14BrN3O4/c1-6-2-3-7(13)8(4-6)15-12(20)16-9(11(18)19)5-10(14)17/h2-4,9H,5H2,1H3,(H2,14,17)(H,18,19)(H2,15,16,20)/t9-/m1/s1. The topological polar surface area (TPSA) is 122 Å². The molecule has 1 aromatic carbocycles. The number of hydrogen-bond donors (Lipinski definition) is 4. The molecule has 1 rings (SSSR count).